The van der Waals surface area contributed by atoms with E-state index in [2.05, 4.69) is 9.28 Å². The second kappa shape index (κ2) is 5.26. The van der Waals surface area contributed by atoms with Crippen molar-refractivity contribution in [3.8, 4) is 5.88 Å². The van der Waals surface area contributed by atoms with Gasteiger partial charge < -0.3 is 14.2 Å². The standard InChI is InChI=1S/C12H14F3N3O5S/c13-12(14,15)24(21,22)23-9-6-8-11(2-1-4-18(8)16-9)3-5-17(7-11)10(19)20/h6H,1-5,7H2,(H,19,20). The number of carboxylic acid groups (broad SMARTS) is 1. The second-order valence-electron chi connectivity index (χ2n) is 5.91. The summed E-state index contributed by atoms with van der Waals surface area (Å²) in [5, 5.41) is 12.9. The summed E-state index contributed by atoms with van der Waals surface area (Å²) >= 11 is 0. The third kappa shape index (κ3) is 2.68. The lowest BCUT2D eigenvalue weighted by Crippen LogP contribution is -2.38. The Labute approximate surface area is 134 Å². The van der Waals surface area contributed by atoms with Crippen LogP contribution in [0.1, 0.15) is 25.0 Å². The van der Waals surface area contributed by atoms with Gasteiger partial charge in [-0.05, 0) is 19.3 Å². The molecule has 1 aromatic heterocycles. The fraction of sp³-hybridized carbons (Fsp3) is 0.667. The van der Waals surface area contributed by atoms with Crippen LogP contribution in [0.25, 0.3) is 0 Å². The van der Waals surface area contributed by atoms with Crippen molar-refractivity contribution in [3.63, 3.8) is 0 Å². The number of aryl methyl sites for hydroxylation is 1. The first-order valence-corrected chi connectivity index (χ1v) is 8.52. The molecule has 1 fully saturated rings. The van der Waals surface area contributed by atoms with Crippen LogP contribution in [0.15, 0.2) is 6.07 Å². The van der Waals surface area contributed by atoms with E-state index >= 15 is 0 Å². The van der Waals surface area contributed by atoms with E-state index in [0.29, 0.717) is 38.0 Å². The molecule has 1 atom stereocenters. The van der Waals surface area contributed by atoms with Gasteiger partial charge in [-0.1, -0.05) is 0 Å². The number of hydrogen-bond donors (Lipinski definition) is 1. The highest BCUT2D eigenvalue weighted by Crippen LogP contribution is 2.43. The first kappa shape index (κ1) is 16.9. The Bertz CT molecular complexity index is 775. The van der Waals surface area contributed by atoms with E-state index in [1.165, 1.54) is 9.58 Å². The SMILES string of the molecule is O=C(O)N1CCC2(CCCn3nc(OS(=O)(=O)C(F)(F)F)cc32)C1. The minimum atomic E-state index is -5.79. The van der Waals surface area contributed by atoms with Crippen LogP contribution in [0.5, 0.6) is 5.88 Å². The molecule has 1 aromatic rings. The van der Waals surface area contributed by atoms with E-state index < -0.39 is 33.0 Å². The topological polar surface area (TPSA) is 102 Å². The van der Waals surface area contributed by atoms with Crippen LogP contribution in [0.3, 0.4) is 0 Å². The second-order valence-corrected chi connectivity index (χ2v) is 7.45. The Hall–Kier alpha value is -1.98. The molecular formula is C12H14F3N3O5S. The molecule has 1 unspecified atom stereocenters. The number of amides is 1. The van der Waals surface area contributed by atoms with Crippen LogP contribution < -0.4 is 4.18 Å². The first-order valence-electron chi connectivity index (χ1n) is 7.11. The maximum absolute atomic E-state index is 12.4. The van der Waals surface area contributed by atoms with Gasteiger partial charge in [0.25, 0.3) is 5.88 Å². The van der Waals surface area contributed by atoms with Crippen LogP contribution in [-0.4, -0.2) is 52.9 Å². The fourth-order valence-electron chi connectivity index (χ4n) is 3.33. The summed E-state index contributed by atoms with van der Waals surface area (Å²) in [7, 11) is -5.79. The molecule has 0 aliphatic carbocycles. The van der Waals surface area contributed by atoms with Gasteiger partial charge in [-0.15, -0.1) is 5.10 Å². The van der Waals surface area contributed by atoms with Crippen molar-refractivity contribution < 1.29 is 35.7 Å². The lowest BCUT2D eigenvalue weighted by molar-refractivity contribution is -0.0501. The van der Waals surface area contributed by atoms with Crippen LogP contribution in [0.4, 0.5) is 18.0 Å². The summed E-state index contributed by atoms with van der Waals surface area (Å²) in [5.74, 6) is -0.655. The molecule has 1 N–H and O–H groups in total. The lowest BCUT2D eigenvalue weighted by atomic mass is 9.77. The number of likely N-dealkylation sites (tertiary alicyclic amines) is 1. The van der Waals surface area contributed by atoms with E-state index in [1.54, 1.807) is 0 Å². The normalized spacial score (nSPS) is 24.2. The third-order valence-corrected chi connectivity index (χ3v) is 5.39. The molecule has 3 heterocycles. The van der Waals surface area contributed by atoms with Gasteiger partial charge in [0.05, 0.1) is 5.69 Å². The molecule has 0 bridgehead atoms. The van der Waals surface area contributed by atoms with Gasteiger partial charge in [0.1, 0.15) is 0 Å². The van der Waals surface area contributed by atoms with Gasteiger partial charge in [0, 0.05) is 31.1 Å². The summed E-state index contributed by atoms with van der Waals surface area (Å²) in [6, 6.07) is 1.16. The maximum atomic E-state index is 12.4. The molecule has 1 saturated heterocycles. The Morgan fingerprint density at radius 1 is 1.33 bits per heavy atom. The number of hydrogen-bond acceptors (Lipinski definition) is 5. The number of rotatable bonds is 2. The van der Waals surface area contributed by atoms with Gasteiger partial charge in [0.2, 0.25) is 0 Å². The van der Waals surface area contributed by atoms with Crippen molar-refractivity contribution in [3.05, 3.63) is 11.8 Å². The van der Waals surface area contributed by atoms with Gasteiger partial charge in [-0.25, -0.2) is 4.79 Å². The number of nitrogens with zero attached hydrogens (tertiary/aromatic N) is 3. The molecule has 134 valence electrons. The molecule has 12 heteroatoms. The molecule has 0 radical (unpaired) electrons. The smallest absolute Gasteiger partial charge is 0.465 e. The fourth-order valence-corrected chi connectivity index (χ4v) is 3.74. The molecule has 2 aliphatic rings. The number of alkyl halides is 3. The van der Waals surface area contributed by atoms with Crippen LogP contribution in [-0.2, 0) is 22.1 Å². The van der Waals surface area contributed by atoms with Crippen molar-refractivity contribution in [1.29, 1.82) is 0 Å². The van der Waals surface area contributed by atoms with Gasteiger partial charge >= 0.3 is 21.7 Å². The summed E-state index contributed by atoms with van der Waals surface area (Å²) in [6.07, 6.45) is 0.734. The lowest BCUT2D eigenvalue weighted by Gasteiger charge is -2.33. The van der Waals surface area contributed by atoms with E-state index in [0.717, 1.165) is 6.07 Å². The number of halogens is 3. The number of fused-ring (bicyclic) bond motifs is 2. The van der Waals surface area contributed by atoms with Crippen molar-refractivity contribution in [1.82, 2.24) is 14.7 Å². The molecule has 3 rings (SSSR count). The highest BCUT2D eigenvalue weighted by atomic mass is 32.2. The van der Waals surface area contributed by atoms with Crippen molar-refractivity contribution in [2.75, 3.05) is 13.1 Å². The molecular weight excluding hydrogens is 355 g/mol. The highest BCUT2D eigenvalue weighted by molar-refractivity contribution is 7.87. The van der Waals surface area contributed by atoms with Crippen molar-refractivity contribution >= 4 is 16.2 Å². The summed E-state index contributed by atoms with van der Waals surface area (Å²) in [5.41, 5.74) is -5.61. The Morgan fingerprint density at radius 2 is 2.04 bits per heavy atom. The molecule has 1 amide bonds. The summed E-state index contributed by atoms with van der Waals surface area (Å²) < 4.78 is 64.9. The molecule has 0 saturated carbocycles. The van der Waals surface area contributed by atoms with Gasteiger partial charge in [0.15, 0.2) is 0 Å². The average Bonchev–Trinajstić information content (AvgIpc) is 3.03. The molecule has 0 aromatic carbocycles. The monoisotopic (exact) mass is 369 g/mol. The van der Waals surface area contributed by atoms with Gasteiger partial charge in [-0.3, -0.25) is 4.68 Å². The zero-order valence-electron chi connectivity index (χ0n) is 12.3. The van der Waals surface area contributed by atoms with Crippen LogP contribution in [0, 0.1) is 0 Å². The van der Waals surface area contributed by atoms with Crippen molar-refractivity contribution in [2.45, 2.75) is 36.7 Å². The quantitative estimate of drug-likeness (QED) is 0.627. The van der Waals surface area contributed by atoms with Gasteiger partial charge in [-0.2, -0.15) is 21.6 Å². The Balaban J connectivity index is 1.91. The molecule has 1 spiro atoms. The third-order valence-electron chi connectivity index (χ3n) is 4.43. The summed E-state index contributed by atoms with van der Waals surface area (Å²) in [6.45, 7) is 0.899. The predicted octanol–water partition coefficient (Wildman–Crippen LogP) is 1.53. The molecule has 8 nitrogen and oxygen atoms in total. The molecule has 24 heavy (non-hydrogen) atoms. The van der Waals surface area contributed by atoms with E-state index in [4.69, 9.17) is 5.11 Å². The highest BCUT2D eigenvalue weighted by Gasteiger charge is 2.50. The Morgan fingerprint density at radius 3 is 2.62 bits per heavy atom. The Kier molecular flexibility index (Phi) is 3.70. The zero-order chi connectivity index (χ0) is 17.8. The predicted molar refractivity (Wildman–Crippen MR) is 73.0 cm³/mol. The molecule has 2 aliphatic heterocycles. The van der Waals surface area contributed by atoms with E-state index in [9.17, 15) is 26.4 Å². The maximum Gasteiger partial charge on any atom is 0.534 e. The first-order chi connectivity index (χ1) is 11.0. The minimum Gasteiger partial charge on any atom is -0.465 e. The van der Waals surface area contributed by atoms with Crippen LogP contribution in [0.2, 0.25) is 0 Å². The van der Waals surface area contributed by atoms with E-state index in [-0.39, 0.29) is 6.54 Å². The minimum absolute atomic E-state index is 0.194. The van der Waals surface area contributed by atoms with E-state index in [1.807, 2.05) is 0 Å². The van der Waals surface area contributed by atoms with Crippen molar-refractivity contribution in [2.24, 2.45) is 0 Å². The number of carbonyl (C=O) groups is 1. The zero-order valence-corrected chi connectivity index (χ0v) is 13.1. The largest absolute Gasteiger partial charge is 0.534 e. The number of aromatic nitrogens is 2. The summed E-state index contributed by atoms with van der Waals surface area (Å²) in [4.78, 5) is 12.3. The van der Waals surface area contributed by atoms with Crippen LogP contribution >= 0.6 is 0 Å². The average molecular weight is 369 g/mol.